The summed E-state index contributed by atoms with van der Waals surface area (Å²) in [6.07, 6.45) is 2.48. The number of nitrogens with zero attached hydrogens (tertiary/aromatic N) is 1. The molecule has 1 heterocycles. The summed E-state index contributed by atoms with van der Waals surface area (Å²) in [7, 11) is 2.16. The lowest BCUT2D eigenvalue weighted by atomic mass is 10.1. The Morgan fingerprint density at radius 1 is 1.50 bits per heavy atom. The van der Waals surface area contributed by atoms with Gasteiger partial charge >= 0.3 is 0 Å². The molecule has 0 radical (unpaired) electrons. The van der Waals surface area contributed by atoms with Crippen molar-refractivity contribution >= 4 is 11.6 Å². The summed E-state index contributed by atoms with van der Waals surface area (Å²) in [5.74, 6) is 0. The number of halogens is 1. The molecule has 1 rings (SSSR count). The molecule has 1 saturated heterocycles. The second-order valence-electron chi connectivity index (χ2n) is 2.92. The van der Waals surface area contributed by atoms with Crippen molar-refractivity contribution in [1.82, 2.24) is 10.2 Å². The first-order valence-electron chi connectivity index (χ1n) is 3.81. The zero-order valence-electron chi connectivity index (χ0n) is 6.44. The zero-order valence-corrected chi connectivity index (χ0v) is 7.19. The number of alkyl halides is 1. The molecule has 0 amide bonds. The van der Waals surface area contributed by atoms with Gasteiger partial charge in [0.25, 0.3) is 0 Å². The average molecular weight is 163 g/mol. The van der Waals surface area contributed by atoms with E-state index >= 15 is 0 Å². The summed E-state index contributed by atoms with van der Waals surface area (Å²) in [5.41, 5.74) is 0. The van der Waals surface area contributed by atoms with Crippen LogP contribution in [0.15, 0.2) is 0 Å². The van der Waals surface area contributed by atoms with Crippen molar-refractivity contribution in [1.29, 1.82) is 0 Å². The van der Waals surface area contributed by atoms with Gasteiger partial charge in [-0.15, -0.1) is 11.6 Å². The highest BCUT2D eigenvalue weighted by molar-refractivity contribution is 6.17. The lowest BCUT2D eigenvalue weighted by Crippen LogP contribution is -2.40. The molecular weight excluding hydrogens is 148 g/mol. The first-order valence-corrected chi connectivity index (χ1v) is 4.34. The van der Waals surface area contributed by atoms with Crippen molar-refractivity contribution in [2.24, 2.45) is 0 Å². The Balaban J connectivity index is 2.13. The largest absolute Gasteiger partial charge is 0.306 e. The van der Waals surface area contributed by atoms with E-state index < -0.39 is 0 Å². The SMILES string of the molecule is CN1CCC(NCCl)CC1. The van der Waals surface area contributed by atoms with E-state index in [0.29, 0.717) is 12.0 Å². The highest BCUT2D eigenvalue weighted by Crippen LogP contribution is 2.07. The molecular formula is C7H15ClN2. The Hall–Kier alpha value is 0.210. The third-order valence-electron chi connectivity index (χ3n) is 2.08. The third-order valence-corrected chi connectivity index (χ3v) is 2.24. The van der Waals surface area contributed by atoms with Gasteiger partial charge in [0.2, 0.25) is 0 Å². The van der Waals surface area contributed by atoms with Crippen LogP contribution in [0, 0.1) is 0 Å². The van der Waals surface area contributed by atoms with Crippen molar-refractivity contribution in [2.45, 2.75) is 18.9 Å². The predicted molar refractivity (Wildman–Crippen MR) is 44.4 cm³/mol. The Morgan fingerprint density at radius 3 is 2.60 bits per heavy atom. The molecule has 3 heteroatoms. The van der Waals surface area contributed by atoms with Crippen LogP contribution in [0.2, 0.25) is 0 Å². The molecule has 0 bridgehead atoms. The smallest absolute Gasteiger partial charge is 0.0715 e. The molecule has 60 valence electrons. The minimum absolute atomic E-state index is 0.592. The number of likely N-dealkylation sites (tertiary alicyclic amines) is 1. The van der Waals surface area contributed by atoms with Crippen LogP contribution in [-0.2, 0) is 0 Å². The lowest BCUT2D eigenvalue weighted by Gasteiger charge is -2.28. The fourth-order valence-corrected chi connectivity index (χ4v) is 1.54. The van der Waals surface area contributed by atoms with E-state index in [4.69, 9.17) is 11.6 Å². The fraction of sp³-hybridized carbons (Fsp3) is 1.00. The van der Waals surface area contributed by atoms with E-state index in [-0.39, 0.29) is 0 Å². The molecule has 1 aliphatic heterocycles. The van der Waals surface area contributed by atoms with Gasteiger partial charge in [0, 0.05) is 6.04 Å². The normalized spacial score (nSPS) is 23.4. The van der Waals surface area contributed by atoms with E-state index in [1.54, 1.807) is 0 Å². The zero-order chi connectivity index (χ0) is 7.40. The quantitative estimate of drug-likeness (QED) is 0.479. The molecule has 10 heavy (non-hydrogen) atoms. The van der Waals surface area contributed by atoms with Gasteiger partial charge in [0.1, 0.15) is 0 Å². The summed E-state index contributed by atoms with van der Waals surface area (Å²) in [5, 5.41) is 3.24. The van der Waals surface area contributed by atoms with Crippen LogP contribution >= 0.6 is 11.6 Å². The molecule has 0 aromatic heterocycles. The van der Waals surface area contributed by atoms with Crippen molar-refractivity contribution < 1.29 is 0 Å². The molecule has 1 aliphatic rings. The number of hydrogen-bond donors (Lipinski definition) is 1. The maximum Gasteiger partial charge on any atom is 0.0715 e. The second-order valence-corrected chi connectivity index (χ2v) is 3.18. The molecule has 0 saturated carbocycles. The van der Waals surface area contributed by atoms with Gasteiger partial charge < -0.3 is 10.2 Å². The lowest BCUT2D eigenvalue weighted by molar-refractivity contribution is 0.239. The Labute approximate surface area is 67.5 Å². The minimum Gasteiger partial charge on any atom is -0.306 e. The maximum absolute atomic E-state index is 5.55. The highest BCUT2D eigenvalue weighted by atomic mass is 35.5. The monoisotopic (exact) mass is 162 g/mol. The Bertz CT molecular complexity index is 89.6. The van der Waals surface area contributed by atoms with E-state index in [0.717, 1.165) is 0 Å². The fourth-order valence-electron chi connectivity index (χ4n) is 1.32. The topological polar surface area (TPSA) is 15.3 Å². The van der Waals surface area contributed by atoms with Gasteiger partial charge in [-0.25, -0.2) is 0 Å². The molecule has 0 aromatic carbocycles. The summed E-state index contributed by atoms with van der Waals surface area (Å²) < 4.78 is 0. The van der Waals surface area contributed by atoms with Gasteiger partial charge in [-0.05, 0) is 33.0 Å². The van der Waals surface area contributed by atoms with Gasteiger partial charge in [-0.3, -0.25) is 0 Å². The van der Waals surface area contributed by atoms with Crippen LogP contribution in [0.5, 0.6) is 0 Å². The van der Waals surface area contributed by atoms with Crippen molar-refractivity contribution in [3.8, 4) is 0 Å². The summed E-state index contributed by atoms with van der Waals surface area (Å²) in [4.78, 5) is 2.35. The van der Waals surface area contributed by atoms with Crippen LogP contribution < -0.4 is 5.32 Å². The molecule has 1 fully saturated rings. The van der Waals surface area contributed by atoms with E-state index in [1.807, 2.05) is 0 Å². The van der Waals surface area contributed by atoms with Gasteiger partial charge in [0.15, 0.2) is 0 Å². The van der Waals surface area contributed by atoms with Crippen molar-refractivity contribution in [2.75, 3.05) is 26.1 Å². The van der Waals surface area contributed by atoms with Gasteiger partial charge in [-0.1, -0.05) is 0 Å². The summed E-state index contributed by atoms with van der Waals surface area (Å²) in [6.45, 7) is 2.41. The first kappa shape index (κ1) is 8.31. The van der Waals surface area contributed by atoms with E-state index in [2.05, 4.69) is 17.3 Å². The first-order chi connectivity index (χ1) is 4.83. The minimum atomic E-state index is 0.592. The average Bonchev–Trinajstić information content (AvgIpc) is 1.95. The maximum atomic E-state index is 5.55. The third kappa shape index (κ3) is 2.45. The molecule has 1 N–H and O–H groups in total. The summed E-state index contributed by atoms with van der Waals surface area (Å²) >= 11 is 5.55. The molecule has 0 unspecified atom stereocenters. The molecule has 2 nitrogen and oxygen atoms in total. The van der Waals surface area contributed by atoms with Crippen LogP contribution in [0.3, 0.4) is 0 Å². The predicted octanol–water partition coefficient (Wildman–Crippen LogP) is 0.867. The molecule has 0 atom stereocenters. The van der Waals surface area contributed by atoms with Crippen LogP contribution in [-0.4, -0.2) is 37.1 Å². The Morgan fingerprint density at radius 2 is 2.10 bits per heavy atom. The van der Waals surface area contributed by atoms with Crippen molar-refractivity contribution in [3.63, 3.8) is 0 Å². The molecule has 0 aromatic rings. The van der Waals surface area contributed by atoms with Crippen LogP contribution in [0.25, 0.3) is 0 Å². The van der Waals surface area contributed by atoms with Gasteiger partial charge in [0.05, 0.1) is 6.00 Å². The number of nitrogens with one attached hydrogen (secondary N) is 1. The number of rotatable bonds is 2. The summed E-state index contributed by atoms with van der Waals surface area (Å²) in [6, 6.07) is 1.25. The van der Waals surface area contributed by atoms with E-state index in [9.17, 15) is 0 Å². The highest BCUT2D eigenvalue weighted by Gasteiger charge is 2.14. The van der Waals surface area contributed by atoms with Crippen LogP contribution in [0.1, 0.15) is 12.8 Å². The Kier molecular flexibility index (Phi) is 3.46. The van der Waals surface area contributed by atoms with Crippen LogP contribution in [0.4, 0.5) is 0 Å². The van der Waals surface area contributed by atoms with Gasteiger partial charge in [-0.2, -0.15) is 0 Å². The standard InChI is InChI=1S/C7H15ClN2/c1-10-4-2-7(3-5-10)9-6-8/h7,9H,2-6H2,1H3. The van der Waals surface area contributed by atoms with E-state index in [1.165, 1.54) is 25.9 Å². The molecule has 0 spiro atoms. The molecule has 0 aliphatic carbocycles. The second kappa shape index (κ2) is 4.16. The number of hydrogen-bond acceptors (Lipinski definition) is 2. The number of piperidine rings is 1. The van der Waals surface area contributed by atoms with Crippen molar-refractivity contribution in [3.05, 3.63) is 0 Å².